The van der Waals surface area contributed by atoms with Gasteiger partial charge in [-0.15, -0.1) is 11.3 Å². The van der Waals surface area contributed by atoms with Crippen molar-refractivity contribution in [3.63, 3.8) is 0 Å². The van der Waals surface area contributed by atoms with Gasteiger partial charge in [-0.2, -0.15) is 0 Å². The first-order chi connectivity index (χ1) is 13.1. The lowest BCUT2D eigenvalue weighted by molar-refractivity contribution is -0.117. The first-order valence-electron chi connectivity index (χ1n) is 8.79. The van der Waals surface area contributed by atoms with Crippen LogP contribution in [0.3, 0.4) is 0 Å². The number of carbonyl (C=O) groups is 1. The Kier molecular flexibility index (Phi) is 5.00. The molecule has 1 amide bonds. The number of alkyl halides is 1. The highest BCUT2D eigenvalue weighted by Crippen LogP contribution is 2.32. The predicted molar refractivity (Wildman–Crippen MR) is 107 cm³/mol. The van der Waals surface area contributed by atoms with E-state index in [0.717, 1.165) is 52.8 Å². The molecule has 0 saturated carbocycles. The number of benzene rings is 1. The highest BCUT2D eigenvalue weighted by Gasteiger charge is 2.15. The van der Waals surface area contributed by atoms with Crippen LogP contribution in [0.15, 0.2) is 36.5 Å². The molecule has 0 aliphatic carbocycles. The number of nitrogens with one attached hydrogen (secondary N) is 1. The minimum absolute atomic E-state index is 0.573. The van der Waals surface area contributed by atoms with Gasteiger partial charge in [-0.1, -0.05) is 0 Å². The quantitative estimate of drug-likeness (QED) is 0.748. The van der Waals surface area contributed by atoms with E-state index in [-0.39, 0.29) is 0 Å². The van der Waals surface area contributed by atoms with Crippen LogP contribution in [0.5, 0.6) is 0 Å². The highest BCUT2D eigenvalue weighted by atomic mass is 32.1. The van der Waals surface area contributed by atoms with Crippen LogP contribution in [0, 0.1) is 0 Å². The number of thiazole rings is 1. The molecule has 0 radical (unpaired) electrons. The van der Waals surface area contributed by atoms with Gasteiger partial charge in [-0.25, -0.2) is 14.4 Å². The molecule has 140 valence electrons. The predicted octanol–water partition coefficient (Wildman–Crippen LogP) is 3.02. The van der Waals surface area contributed by atoms with Crippen molar-refractivity contribution in [1.29, 1.82) is 0 Å². The molecule has 1 N–H and O–H groups in total. The number of rotatable bonds is 4. The first kappa shape index (κ1) is 17.8. The molecular formula is C19H20FN5OS. The molecule has 0 atom stereocenters. The normalized spacial score (nSPS) is 15.3. The second-order valence-corrected chi connectivity index (χ2v) is 7.61. The van der Waals surface area contributed by atoms with E-state index in [1.54, 1.807) is 6.07 Å². The molecule has 0 unspecified atom stereocenters. The van der Waals surface area contributed by atoms with Crippen LogP contribution >= 0.6 is 11.3 Å². The number of aromatic nitrogens is 2. The summed E-state index contributed by atoms with van der Waals surface area (Å²) in [7, 11) is 2.13. The van der Waals surface area contributed by atoms with Crippen LogP contribution in [0.25, 0.3) is 20.8 Å². The van der Waals surface area contributed by atoms with Crippen LogP contribution in [-0.4, -0.2) is 60.7 Å². The maximum Gasteiger partial charge on any atom is 0.255 e. The number of anilines is 2. The number of nitrogens with zero attached hydrogens (tertiary/aromatic N) is 4. The monoisotopic (exact) mass is 385 g/mol. The van der Waals surface area contributed by atoms with Crippen LogP contribution in [0.2, 0.25) is 0 Å². The van der Waals surface area contributed by atoms with Gasteiger partial charge in [-0.3, -0.25) is 4.79 Å². The molecule has 1 saturated heterocycles. The molecule has 2 aromatic heterocycles. The number of halogens is 1. The first-order valence-corrected chi connectivity index (χ1v) is 9.60. The average Bonchev–Trinajstić information content (AvgIpc) is 3.12. The van der Waals surface area contributed by atoms with E-state index in [9.17, 15) is 9.18 Å². The van der Waals surface area contributed by atoms with E-state index in [1.165, 1.54) is 11.3 Å². The molecule has 0 bridgehead atoms. The Morgan fingerprint density at radius 2 is 2.04 bits per heavy atom. The standard InChI is InChI=1S/C19H20FN5OS/c1-24-6-8-25(9-7-24)17-5-2-13(12-21-17)19-23-15-4-3-14(10-16(15)27-19)22-18(26)11-20/h2-5,10,12H,6-9,11H2,1H3,(H,22,26). The molecule has 1 aliphatic rings. The zero-order valence-electron chi connectivity index (χ0n) is 15.0. The number of hydrogen-bond acceptors (Lipinski definition) is 6. The number of carbonyl (C=O) groups excluding carboxylic acids is 1. The maximum atomic E-state index is 12.4. The summed E-state index contributed by atoms with van der Waals surface area (Å²) in [6.45, 7) is 3.02. The fraction of sp³-hybridized carbons (Fsp3) is 0.316. The summed E-state index contributed by atoms with van der Waals surface area (Å²) in [6, 6.07) is 9.46. The number of hydrogen-bond donors (Lipinski definition) is 1. The van der Waals surface area contributed by atoms with Gasteiger partial charge in [-0.05, 0) is 37.4 Å². The molecule has 4 rings (SSSR count). The SMILES string of the molecule is CN1CCN(c2ccc(-c3nc4ccc(NC(=O)CF)cc4s3)cn2)CC1. The average molecular weight is 385 g/mol. The van der Waals surface area contributed by atoms with Gasteiger partial charge in [0.1, 0.15) is 10.8 Å². The van der Waals surface area contributed by atoms with E-state index in [2.05, 4.69) is 32.1 Å². The number of pyridine rings is 1. The zero-order valence-corrected chi connectivity index (χ0v) is 15.8. The summed E-state index contributed by atoms with van der Waals surface area (Å²) < 4.78 is 13.3. The third kappa shape index (κ3) is 3.91. The van der Waals surface area contributed by atoms with Crippen LogP contribution in [0.4, 0.5) is 15.9 Å². The number of piperazine rings is 1. The summed E-state index contributed by atoms with van der Waals surface area (Å²) in [5.41, 5.74) is 2.38. The summed E-state index contributed by atoms with van der Waals surface area (Å²) in [6.07, 6.45) is 1.86. The zero-order chi connectivity index (χ0) is 18.8. The van der Waals surface area contributed by atoms with Gasteiger partial charge in [0, 0.05) is 43.6 Å². The van der Waals surface area contributed by atoms with Crippen molar-refractivity contribution in [2.45, 2.75) is 0 Å². The van der Waals surface area contributed by atoms with E-state index in [4.69, 9.17) is 0 Å². The molecule has 0 spiro atoms. The number of likely N-dealkylation sites (N-methyl/N-ethyl adjacent to an activating group) is 1. The summed E-state index contributed by atoms with van der Waals surface area (Å²) in [5, 5.41) is 3.39. The van der Waals surface area contributed by atoms with Gasteiger partial charge >= 0.3 is 0 Å². The minimum atomic E-state index is -1.03. The van der Waals surface area contributed by atoms with Crippen LogP contribution < -0.4 is 10.2 Å². The van der Waals surface area contributed by atoms with E-state index < -0.39 is 12.6 Å². The van der Waals surface area contributed by atoms with Crippen molar-refractivity contribution in [2.24, 2.45) is 0 Å². The molecule has 3 aromatic rings. The Morgan fingerprint density at radius 3 is 2.74 bits per heavy atom. The lowest BCUT2D eigenvalue weighted by atomic mass is 10.2. The fourth-order valence-electron chi connectivity index (χ4n) is 3.06. The maximum absolute atomic E-state index is 12.4. The van der Waals surface area contributed by atoms with Gasteiger partial charge in [0.2, 0.25) is 0 Å². The highest BCUT2D eigenvalue weighted by molar-refractivity contribution is 7.21. The number of amides is 1. The lowest BCUT2D eigenvalue weighted by Gasteiger charge is -2.33. The molecule has 1 aliphatic heterocycles. The van der Waals surface area contributed by atoms with E-state index in [1.807, 2.05) is 30.5 Å². The molecule has 1 aromatic carbocycles. The van der Waals surface area contributed by atoms with Crippen molar-refractivity contribution in [1.82, 2.24) is 14.9 Å². The third-order valence-corrected chi connectivity index (χ3v) is 5.68. The van der Waals surface area contributed by atoms with Crippen molar-refractivity contribution in [2.75, 3.05) is 50.1 Å². The molecule has 8 heteroatoms. The summed E-state index contributed by atoms with van der Waals surface area (Å²) in [4.78, 5) is 25.1. The second kappa shape index (κ2) is 7.58. The van der Waals surface area contributed by atoms with E-state index >= 15 is 0 Å². The van der Waals surface area contributed by atoms with Crippen molar-refractivity contribution < 1.29 is 9.18 Å². The smallest absolute Gasteiger partial charge is 0.255 e. The van der Waals surface area contributed by atoms with Crippen LogP contribution in [0.1, 0.15) is 0 Å². The molecule has 1 fully saturated rings. The topological polar surface area (TPSA) is 61.4 Å². The van der Waals surface area contributed by atoms with Gasteiger partial charge in [0.05, 0.1) is 10.2 Å². The largest absolute Gasteiger partial charge is 0.354 e. The third-order valence-electron chi connectivity index (χ3n) is 4.62. The lowest BCUT2D eigenvalue weighted by Crippen LogP contribution is -2.44. The Labute approximate surface area is 160 Å². The van der Waals surface area contributed by atoms with Crippen molar-refractivity contribution in [3.8, 4) is 10.6 Å². The molecule has 27 heavy (non-hydrogen) atoms. The van der Waals surface area contributed by atoms with E-state index in [0.29, 0.717) is 5.69 Å². The van der Waals surface area contributed by atoms with Crippen LogP contribution in [-0.2, 0) is 4.79 Å². The minimum Gasteiger partial charge on any atom is -0.354 e. The molecule has 6 nitrogen and oxygen atoms in total. The van der Waals surface area contributed by atoms with Gasteiger partial charge in [0.25, 0.3) is 5.91 Å². The Bertz CT molecular complexity index is 950. The number of fused-ring (bicyclic) bond motifs is 1. The second-order valence-electron chi connectivity index (χ2n) is 6.58. The molecular weight excluding hydrogens is 365 g/mol. The molecule has 3 heterocycles. The van der Waals surface area contributed by atoms with Crippen molar-refractivity contribution >= 4 is 39.0 Å². The van der Waals surface area contributed by atoms with Gasteiger partial charge in [0.15, 0.2) is 6.67 Å². The van der Waals surface area contributed by atoms with Gasteiger partial charge < -0.3 is 15.1 Å². The van der Waals surface area contributed by atoms with Crippen molar-refractivity contribution in [3.05, 3.63) is 36.5 Å². The Morgan fingerprint density at radius 1 is 1.22 bits per heavy atom. The Hall–Kier alpha value is -2.58. The Balaban J connectivity index is 1.54. The fourth-order valence-corrected chi connectivity index (χ4v) is 4.05. The summed E-state index contributed by atoms with van der Waals surface area (Å²) >= 11 is 1.52. The summed E-state index contributed by atoms with van der Waals surface area (Å²) in [5.74, 6) is 0.340.